The summed E-state index contributed by atoms with van der Waals surface area (Å²) >= 11 is 5.91. The van der Waals surface area contributed by atoms with E-state index in [2.05, 4.69) is 18.0 Å². The summed E-state index contributed by atoms with van der Waals surface area (Å²) in [6, 6.07) is 11.9. The van der Waals surface area contributed by atoms with Crippen LogP contribution in [-0.2, 0) is 0 Å². The highest BCUT2D eigenvalue weighted by Crippen LogP contribution is 2.28. The first kappa shape index (κ1) is 14.4. The number of hydrogen-bond acceptors (Lipinski definition) is 3. The smallest absolute Gasteiger partial charge is 0.146 e. The van der Waals surface area contributed by atoms with Gasteiger partial charge < -0.3 is 4.90 Å². The molecule has 0 N–H and O–H groups in total. The Balaban J connectivity index is 2.36. The molecule has 1 aromatic carbocycles. The number of pyridine rings is 1. The lowest BCUT2D eigenvalue weighted by molar-refractivity contribution is 0.727. The summed E-state index contributed by atoms with van der Waals surface area (Å²) in [7, 11) is 1.95. The minimum absolute atomic E-state index is 0.105. The van der Waals surface area contributed by atoms with Crippen LogP contribution < -0.4 is 4.90 Å². The monoisotopic (exact) mass is 285 g/mol. The molecule has 0 spiro atoms. The number of nitriles is 1. The van der Waals surface area contributed by atoms with Gasteiger partial charge in [0.1, 0.15) is 11.9 Å². The van der Waals surface area contributed by atoms with E-state index in [-0.39, 0.29) is 6.04 Å². The molecule has 0 aliphatic rings. The average molecular weight is 286 g/mol. The highest BCUT2D eigenvalue weighted by molar-refractivity contribution is 6.30. The summed E-state index contributed by atoms with van der Waals surface area (Å²) in [5.74, 6) is 0.704. The number of halogens is 1. The molecule has 102 valence electrons. The van der Waals surface area contributed by atoms with Gasteiger partial charge in [0.2, 0.25) is 0 Å². The Bertz CT molecular complexity index is 644. The van der Waals surface area contributed by atoms with Gasteiger partial charge in [0.15, 0.2) is 0 Å². The topological polar surface area (TPSA) is 39.9 Å². The summed E-state index contributed by atoms with van der Waals surface area (Å²) in [4.78, 5) is 6.36. The van der Waals surface area contributed by atoms with Gasteiger partial charge in [0, 0.05) is 18.3 Å². The van der Waals surface area contributed by atoms with E-state index >= 15 is 0 Å². The van der Waals surface area contributed by atoms with Crippen molar-refractivity contribution in [3.05, 3.63) is 58.2 Å². The molecule has 2 aromatic rings. The molecule has 1 aromatic heterocycles. The molecule has 4 heteroatoms. The number of benzene rings is 1. The lowest BCUT2D eigenvalue weighted by Gasteiger charge is -2.27. The first-order chi connectivity index (χ1) is 9.54. The molecular formula is C16H16ClN3. The average Bonchev–Trinajstić information content (AvgIpc) is 2.46. The minimum atomic E-state index is 0.105. The van der Waals surface area contributed by atoms with Gasteiger partial charge >= 0.3 is 0 Å². The molecule has 0 amide bonds. The van der Waals surface area contributed by atoms with Gasteiger partial charge in [-0.1, -0.05) is 23.7 Å². The van der Waals surface area contributed by atoms with Crippen molar-refractivity contribution in [1.29, 1.82) is 5.26 Å². The molecule has 1 atom stereocenters. The summed E-state index contributed by atoms with van der Waals surface area (Å²) in [6.07, 6.45) is 1.73. The van der Waals surface area contributed by atoms with Crippen LogP contribution in [0.2, 0.25) is 5.02 Å². The van der Waals surface area contributed by atoms with Crippen LogP contribution in [-0.4, -0.2) is 12.0 Å². The number of anilines is 1. The maximum atomic E-state index is 9.30. The van der Waals surface area contributed by atoms with Gasteiger partial charge in [-0.3, -0.25) is 0 Å². The Morgan fingerprint density at radius 3 is 2.50 bits per heavy atom. The summed E-state index contributed by atoms with van der Waals surface area (Å²) in [6.45, 7) is 4.00. The zero-order valence-corrected chi connectivity index (χ0v) is 12.5. The lowest BCUT2D eigenvalue weighted by Crippen LogP contribution is -2.23. The summed E-state index contributed by atoms with van der Waals surface area (Å²) in [5.41, 5.74) is 2.69. The van der Waals surface area contributed by atoms with Gasteiger partial charge in [-0.25, -0.2) is 4.98 Å². The molecule has 1 heterocycles. The lowest BCUT2D eigenvalue weighted by atomic mass is 10.1. The summed E-state index contributed by atoms with van der Waals surface area (Å²) in [5, 5.41) is 10.0. The molecule has 1 unspecified atom stereocenters. The molecule has 0 saturated carbocycles. The normalized spacial score (nSPS) is 11.8. The van der Waals surface area contributed by atoms with Gasteiger partial charge in [0.25, 0.3) is 0 Å². The van der Waals surface area contributed by atoms with Crippen molar-refractivity contribution in [2.24, 2.45) is 0 Å². The second-order valence-corrected chi connectivity index (χ2v) is 5.21. The quantitative estimate of drug-likeness (QED) is 0.852. The predicted octanol–water partition coefficient (Wildman–Crippen LogP) is 4.11. The maximum Gasteiger partial charge on any atom is 0.146 e. The molecule has 2 rings (SSSR count). The summed E-state index contributed by atoms with van der Waals surface area (Å²) < 4.78 is 0. The molecule has 0 radical (unpaired) electrons. The van der Waals surface area contributed by atoms with E-state index in [0.29, 0.717) is 11.4 Å². The minimum Gasteiger partial charge on any atom is -0.352 e. The molecule has 0 fully saturated rings. The van der Waals surface area contributed by atoms with E-state index in [9.17, 15) is 5.26 Å². The van der Waals surface area contributed by atoms with Crippen molar-refractivity contribution >= 4 is 17.4 Å². The van der Waals surface area contributed by atoms with Crippen LogP contribution in [0.4, 0.5) is 5.82 Å². The molecular weight excluding hydrogens is 270 g/mol. The van der Waals surface area contributed by atoms with Crippen molar-refractivity contribution in [3.63, 3.8) is 0 Å². The Kier molecular flexibility index (Phi) is 4.26. The van der Waals surface area contributed by atoms with E-state index < -0.39 is 0 Å². The fraction of sp³-hybridized carbons (Fsp3) is 0.250. The molecule has 20 heavy (non-hydrogen) atoms. The third-order valence-corrected chi connectivity index (χ3v) is 3.77. The van der Waals surface area contributed by atoms with Crippen LogP contribution in [0, 0.1) is 18.3 Å². The maximum absolute atomic E-state index is 9.30. The molecule has 3 nitrogen and oxygen atoms in total. The second-order valence-electron chi connectivity index (χ2n) is 4.78. The Morgan fingerprint density at radius 2 is 1.90 bits per heavy atom. The van der Waals surface area contributed by atoms with E-state index in [0.717, 1.165) is 16.1 Å². The van der Waals surface area contributed by atoms with Crippen LogP contribution in [0.25, 0.3) is 0 Å². The Hall–Kier alpha value is -2.05. The van der Waals surface area contributed by atoms with Gasteiger partial charge in [-0.15, -0.1) is 0 Å². The molecule has 0 saturated heterocycles. The van der Waals surface area contributed by atoms with Gasteiger partial charge in [0.05, 0.1) is 11.6 Å². The van der Waals surface area contributed by atoms with Crippen molar-refractivity contribution < 1.29 is 0 Å². The molecule has 0 aliphatic carbocycles. The van der Waals surface area contributed by atoms with Crippen LogP contribution in [0.3, 0.4) is 0 Å². The number of aromatic nitrogens is 1. The molecule has 0 aliphatic heterocycles. The van der Waals surface area contributed by atoms with Crippen molar-refractivity contribution in [2.45, 2.75) is 19.9 Å². The standard InChI is InChI=1S/C16H16ClN3/c1-11-8-9-19-16(15(11)10-18)20(3)12(2)13-4-6-14(17)7-5-13/h4-9,12H,1-3H3. The fourth-order valence-corrected chi connectivity index (χ4v) is 2.22. The third kappa shape index (κ3) is 2.76. The van der Waals surface area contributed by atoms with Crippen LogP contribution in [0.5, 0.6) is 0 Å². The SMILES string of the molecule is Cc1ccnc(N(C)C(C)c2ccc(Cl)cc2)c1C#N. The van der Waals surface area contributed by atoms with Crippen LogP contribution in [0.15, 0.2) is 36.5 Å². The second kappa shape index (κ2) is 5.94. The van der Waals surface area contributed by atoms with Gasteiger partial charge in [-0.05, 0) is 43.2 Å². The van der Waals surface area contributed by atoms with Crippen LogP contribution >= 0.6 is 11.6 Å². The largest absolute Gasteiger partial charge is 0.352 e. The van der Waals surface area contributed by atoms with E-state index in [4.69, 9.17) is 11.6 Å². The number of aryl methyl sites for hydroxylation is 1. The fourth-order valence-electron chi connectivity index (χ4n) is 2.10. The number of hydrogen-bond donors (Lipinski definition) is 0. The first-order valence-corrected chi connectivity index (χ1v) is 6.76. The first-order valence-electron chi connectivity index (χ1n) is 6.38. The van der Waals surface area contributed by atoms with E-state index in [1.165, 1.54) is 0 Å². The van der Waals surface area contributed by atoms with Crippen LogP contribution in [0.1, 0.15) is 29.7 Å². The highest BCUT2D eigenvalue weighted by atomic mass is 35.5. The number of nitrogens with zero attached hydrogens (tertiary/aromatic N) is 3. The van der Waals surface area contributed by atoms with E-state index in [1.54, 1.807) is 6.20 Å². The molecule has 0 bridgehead atoms. The predicted molar refractivity (Wildman–Crippen MR) is 82.0 cm³/mol. The van der Waals surface area contributed by atoms with Crippen molar-refractivity contribution in [3.8, 4) is 6.07 Å². The highest BCUT2D eigenvalue weighted by Gasteiger charge is 2.17. The van der Waals surface area contributed by atoms with Crippen molar-refractivity contribution in [2.75, 3.05) is 11.9 Å². The third-order valence-electron chi connectivity index (χ3n) is 3.52. The Morgan fingerprint density at radius 1 is 1.25 bits per heavy atom. The zero-order valence-electron chi connectivity index (χ0n) is 11.8. The number of rotatable bonds is 3. The Labute approximate surface area is 124 Å². The van der Waals surface area contributed by atoms with Crippen molar-refractivity contribution in [1.82, 2.24) is 4.98 Å². The van der Waals surface area contributed by atoms with Gasteiger partial charge in [-0.2, -0.15) is 5.26 Å². The van der Waals surface area contributed by atoms with E-state index in [1.807, 2.05) is 49.2 Å². The zero-order chi connectivity index (χ0) is 14.7.